The highest BCUT2D eigenvalue weighted by molar-refractivity contribution is 7.12. The number of aryl methyl sites for hydroxylation is 3. The second-order valence-electron chi connectivity index (χ2n) is 4.28. The van der Waals surface area contributed by atoms with Crippen LogP contribution in [0.4, 0.5) is 0 Å². The summed E-state index contributed by atoms with van der Waals surface area (Å²) in [6.07, 6.45) is 3.85. The number of thiophene rings is 1. The summed E-state index contributed by atoms with van der Waals surface area (Å²) in [4.78, 5) is 7.19. The second-order valence-corrected chi connectivity index (χ2v) is 5.56. The van der Waals surface area contributed by atoms with Crippen molar-refractivity contribution in [1.82, 2.24) is 14.9 Å². The number of imidazole rings is 1. The normalized spacial score (nSPS) is 12.9. The van der Waals surface area contributed by atoms with Crippen molar-refractivity contribution in [2.75, 3.05) is 6.54 Å². The molecule has 17 heavy (non-hydrogen) atoms. The van der Waals surface area contributed by atoms with Crippen LogP contribution in [0.5, 0.6) is 0 Å². The summed E-state index contributed by atoms with van der Waals surface area (Å²) >= 11 is 1.85. The zero-order valence-electron chi connectivity index (χ0n) is 10.8. The SMILES string of the molecule is CCNC(c1cc(C)c(C)s1)c1nccn1C. The molecule has 0 aliphatic heterocycles. The van der Waals surface area contributed by atoms with Gasteiger partial charge in [0.05, 0.1) is 0 Å². The van der Waals surface area contributed by atoms with E-state index in [1.165, 1.54) is 15.3 Å². The average molecular weight is 249 g/mol. The van der Waals surface area contributed by atoms with Crippen molar-refractivity contribution in [2.45, 2.75) is 26.8 Å². The Hall–Kier alpha value is -1.13. The van der Waals surface area contributed by atoms with Gasteiger partial charge in [0.1, 0.15) is 11.9 Å². The van der Waals surface area contributed by atoms with Crippen LogP contribution in [0, 0.1) is 13.8 Å². The highest BCUT2D eigenvalue weighted by atomic mass is 32.1. The van der Waals surface area contributed by atoms with Crippen LogP contribution >= 0.6 is 11.3 Å². The molecule has 0 fully saturated rings. The molecule has 1 atom stereocenters. The Labute approximate surface area is 107 Å². The fourth-order valence-electron chi connectivity index (χ4n) is 1.92. The first kappa shape index (κ1) is 12.3. The molecule has 2 aromatic heterocycles. The minimum Gasteiger partial charge on any atom is -0.336 e. The molecule has 1 unspecified atom stereocenters. The zero-order valence-corrected chi connectivity index (χ0v) is 11.6. The lowest BCUT2D eigenvalue weighted by molar-refractivity contribution is 0.584. The molecule has 92 valence electrons. The van der Waals surface area contributed by atoms with Crippen LogP contribution in [-0.2, 0) is 7.05 Å². The molecule has 0 saturated heterocycles. The zero-order chi connectivity index (χ0) is 12.4. The van der Waals surface area contributed by atoms with Gasteiger partial charge in [-0.05, 0) is 32.0 Å². The number of aromatic nitrogens is 2. The van der Waals surface area contributed by atoms with Crippen molar-refractivity contribution in [1.29, 1.82) is 0 Å². The molecular weight excluding hydrogens is 230 g/mol. The first-order valence-electron chi connectivity index (χ1n) is 5.91. The molecule has 0 aliphatic carbocycles. The predicted octanol–water partition coefficient (Wildman–Crippen LogP) is 2.80. The number of nitrogens with zero attached hydrogens (tertiary/aromatic N) is 2. The van der Waals surface area contributed by atoms with E-state index in [1.54, 1.807) is 0 Å². The van der Waals surface area contributed by atoms with E-state index in [1.807, 2.05) is 30.8 Å². The first-order valence-corrected chi connectivity index (χ1v) is 6.72. The van der Waals surface area contributed by atoms with Crippen molar-refractivity contribution < 1.29 is 0 Å². The van der Waals surface area contributed by atoms with Gasteiger partial charge in [0.25, 0.3) is 0 Å². The molecule has 4 heteroatoms. The lowest BCUT2D eigenvalue weighted by atomic mass is 10.2. The molecule has 1 N–H and O–H groups in total. The van der Waals surface area contributed by atoms with Crippen LogP contribution in [0.15, 0.2) is 18.5 Å². The van der Waals surface area contributed by atoms with Gasteiger partial charge in [0.2, 0.25) is 0 Å². The van der Waals surface area contributed by atoms with Gasteiger partial charge < -0.3 is 9.88 Å². The quantitative estimate of drug-likeness (QED) is 0.903. The van der Waals surface area contributed by atoms with E-state index in [0.717, 1.165) is 12.4 Å². The molecule has 0 spiro atoms. The van der Waals surface area contributed by atoms with E-state index in [0.29, 0.717) is 0 Å². The molecule has 0 saturated carbocycles. The third kappa shape index (κ3) is 2.42. The van der Waals surface area contributed by atoms with Crippen LogP contribution in [0.25, 0.3) is 0 Å². The fourth-order valence-corrected chi connectivity index (χ4v) is 3.04. The maximum absolute atomic E-state index is 4.46. The fraction of sp³-hybridized carbons (Fsp3) is 0.462. The third-order valence-corrected chi connectivity index (χ3v) is 4.21. The number of hydrogen-bond donors (Lipinski definition) is 1. The van der Waals surface area contributed by atoms with E-state index < -0.39 is 0 Å². The average Bonchev–Trinajstić information content (AvgIpc) is 2.83. The highest BCUT2D eigenvalue weighted by Crippen LogP contribution is 2.29. The molecule has 0 aromatic carbocycles. The molecule has 0 bridgehead atoms. The molecule has 2 heterocycles. The van der Waals surface area contributed by atoms with E-state index in [2.05, 4.69) is 41.7 Å². The molecule has 0 amide bonds. The molecule has 0 radical (unpaired) electrons. The van der Waals surface area contributed by atoms with Gasteiger partial charge in [0.15, 0.2) is 0 Å². The summed E-state index contributed by atoms with van der Waals surface area (Å²) in [5.74, 6) is 1.08. The van der Waals surface area contributed by atoms with Crippen molar-refractivity contribution in [3.8, 4) is 0 Å². The molecule has 2 aromatic rings. The van der Waals surface area contributed by atoms with Gasteiger partial charge >= 0.3 is 0 Å². The van der Waals surface area contributed by atoms with Gasteiger partial charge in [-0.2, -0.15) is 0 Å². The van der Waals surface area contributed by atoms with Gasteiger partial charge in [-0.3, -0.25) is 0 Å². The Morgan fingerprint density at radius 1 is 1.47 bits per heavy atom. The Morgan fingerprint density at radius 3 is 2.71 bits per heavy atom. The van der Waals surface area contributed by atoms with Crippen molar-refractivity contribution in [3.05, 3.63) is 39.6 Å². The van der Waals surface area contributed by atoms with Crippen molar-refractivity contribution in [2.24, 2.45) is 7.05 Å². The maximum Gasteiger partial charge on any atom is 0.131 e. The van der Waals surface area contributed by atoms with Crippen LogP contribution in [-0.4, -0.2) is 16.1 Å². The Morgan fingerprint density at radius 2 is 2.24 bits per heavy atom. The Bertz CT molecular complexity index is 479. The van der Waals surface area contributed by atoms with E-state index in [4.69, 9.17) is 0 Å². The summed E-state index contributed by atoms with van der Waals surface area (Å²) in [6, 6.07) is 2.47. The molecular formula is C13H19N3S. The summed E-state index contributed by atoms with van der Waals surface area (Å²) in [7, 11) is 2.04. The summed E-state index contributed by atoms with van der Waals surface area (Å²) in [5.41, 5.74) is 1.36. The minimum atomic E-state index is 0.206. The lowest BCUT2D eigenvalue weighted by Crippen LogP contribution is -2.23. The van der Waals surface area contributed by atoms with E-state index >= 15 is 0 Å². The largest absolute Gasteiger partial charge is 0.336 e. The third-order valence-electron chi connectivity index (χ3n) is 2.99. The van der Waals surface area contributed by atoms with Crippen LogP contribution in [0.3, 0.4) is 0 Å². The summed E-state index contributed by atoms with van der Waals surface area (Å²) < 4.78 is 2.08. The second kappa shape index (κ2) is 5.02. The van der Waals surface area contributed by atoms with E-state index in [9.17, 15) is 0 Å². The lowest BCUT2D eigenvalue weighted by Gasteiger charge is -2.16. The van der Waals surface area contributed by atoms with Gasteiger partial charge in [-0.1, -0.05) is 6.92 Å². The smallest absolute Gasteiger partial charge is 0.131 e. The van der Waals surface area contributed by atoms with Crippen molar-refractivity contribution in [3.63, 3.8) is 0 Å². The minimum absolute atomic E-state index is 0.206. The predicted molar refractivity (Wildman–Crippen MR) is 72.5 cm³/mol. The van der Waals surface area contributed by atoms with Crippen LogP contribution < -0.4 is 5.32 Å². The van der Waals surface area contributed by atoms with Crippen LogP contribution in [0.1, 0.15) is 34.1 Å². The van der Waals surface area contributed by atoms with E-state index in [-0.39, 0.29) is 6.04 Å². The van der Waals surface area contributed by atoms with Gasteiger partial charge in [0, 0.05) is 29.2 Å². The highest BCUT2D eigenvalue weighted by Gasteiger charge is 2.19. The van der Waals surface area contributed by atoms with Gasteiger partial charge in [-0.25, -0.2) is 4.98 Å². The van der Waals surface area contributed by atoms with Crippen molar-refractivity contribution >= 4 is 11.3 Å². The number of hydrogen-bond acceptors (Lipinski definition) is 3. The standard InChI is InChI=1S/C13H19N3S/c1-5-14-12(13-15-6-7-16(13)4)11-8-9(2)10(3)17-11/h6-8,12,14H,5H2,1-4H3. The Balaban J connectivity index is 2.39. The number of rotatable bonds is 4. The Kier molecular flexibility index (Phi) is 3.64. The monoisotopic (exact) mass is 249 g/mol. The van der Waals surface area contributed by atoms with Gasteiger partial charge in [-0.15, -0.1) is 11.3 Å². The molecule has 0 aliphatic rings. The van der Waals surface area contributed by atoms with Crippen LogP contribution in [0.2, 0.25) is 0 Å². The molecule has 2 rings (SSSR count). The topological polar surface area (TPSA) is 29.9 Å². The maximum atomic E-state index is 4.46. The molecule has 3 nitrogen and oxygen atoms in total. The number of nitrogens with one attached hydrogen (secondary N) is 1. The first-order chi connectivity index (χ1) is 8.13. The summed E-state index contributed by atoms with van der Waals surface area (Å²) in [5, 5.41) is 3.51. The summed E-state index contributed by atoms with van der Waals surface area (Å²) in [6.45, 7) is 7.40.